The maximum Gasteiger partial charge on any atom is 0.160 e. The molecular weight excluding hydrogens is 292 g/mol. The molecule has 0 N–H and O–H groups in total. The molecule has 122 valence electrons. The fraction of sp³-hybridized carbons (Fsp3) is 0.348. The van der Waals surface area contributed by atoms with E-state index in [-0.39, 0.29) is 5.41 Å². The minimum atomic E-state index is 0.166. The van der Waals surface area contributed by atoms with Crippen LogP contribution in [0.15, 0.2) is 66.2 Å². The van der Waals surface area contributed by atoms with Gasteiger partial charge in [-0.1, -0.05) is 80.4 Å². The summed E-state index contributed by atoms with van der Waals surface area (Å²) in [5.41, 5.74) is 4.76. The lowest BCUT2D eigenvalue weighted by Gasteiger charge is -2.36. The predicted octanol–water partition coefficient (Wildman–Crippen LogP) is 5.66. The van der Waals surface area contributed by atoms with Gasteiger partial charge in [-0.25, -0.2) is 0 Å². The Morgan fingerprint density at radius 2 is 1.50 bits per heavy atom. The van der Waals surface area contributed by atoms with E-state index in [2.05, 4.69) is 55.5 Å². The Kier molecular flexibility index (Phi) is 3.88. The number of hydrogen-bond acceptors (Lipinski definition) is 1. The van der Waals surface area contributed by atoms with Gasteiger partial charge in [-0.2, -0.15) is 0 Å². The number of hydrogen-bond donors (Lipinski definition) is 0. The fourth-order valence-electron chi connectivity index (χ4n) is 4.76. The van der Waals surface area contributed by atoms with Crippen molar-refractivity contribution in [2.75, 3.05) is 0 Å². The van der Waals surface area contributed by atoms with Crippen molar-refractivity contribution in [2.45, 2.75) is 39.0 Å². The van der Waals surface area contributed by atoms with Crippen molar-refractivity contribution in [3.8, 4) is 0 Å². The van der Waals surface area contributed by atoms with Gasteiger partial charge in [-0.3, -0.25) is 4.79 Å². The smallest absolute Gasteiger partial charge is 0.160 e. The lowest BCUT2D eigenvalue weighted by atomic mass is 9.68. The largest absolute Gasteiger partial charge is 0.294 e. The van der Waals surface area contributed by atoms with Crippen LogP contribution >= 0.6 is 0 Å². The highest BCUT2D eigenvalue weighted by Crippen LogP contribution is 2.55. The Balaban J connectivity index is 1.95. The molecule has 2 aromatic rings. The maximum absolute atomic E-state index is 13.1. The van der Waals surface area contributed by atoms with Crippen molar-refractivity contribution in [2.24, 2.45) is 11.3 Å². The molecule has 2 aliphatic rings. The van der Waals surface area contributed by atoms with Crippen molar-refractivity contribution in [1.29, 1.82) is 0 Å². The van der Waals surface area contributed by atoms with Crippen molar-refractivity contribution in [3.05, 3.63) is 77.4 Å². The van der Waals surface area contributed by atoms with Crippen LogP contribution in [-0.2, 0) is 4.79 Å². The average molecular weight is 316 g/mol. The quantitative estimate of drug-likeness (QED) is 0.654. The molecule has 0 bridgehead atoms. The third kappa shape index (κ3) is 2.53. The Morgan fingerprint density at radius 3 is 2.08 bits per heavy atom. The first-order valence-corrected chi connectivity index (χ1v) is 9.07. The van der Waals surface area contributed by atoms with E-state index in [1.165, 1.54) is 30.4 Å². The van der Waals surface area contributed by atoms with Gasteiger partial charge in [0.25, 0.3) is 0 Å². The summed E-state index contributed by atoms with van der Waals surface area (Å²) in [7, 11) is 0. The predicted molar refractivity (Wildman–Crippen MR) is 98.6 cm³/mol. The normalized spacial score (nSPS) is 26.3. The minimum Gasteiger partial charge on any atom is -0.294 e. The molecule has 1 heteroatoms. The third-order valence-electron chi connectivity index (χ3n) is 5.94. The molecule has 0 amide bonds. The Labute approximate surface area is 144 Å². The first kappa shape index (κ1) is 15.4. The fourth-order valence-corrected chi connectivity index (χ4v) is 4.76. The molecule has 4 rings (SSSR count). The van der Waals surface area contributed by atoms with Crippen LogP contribution < -0.4 is 0 Å². The summed E-state index contributed by atoms with van der Waals surface area (Å²) < 4.78 is 0. The number of rotatable bonds is 2. The molecule has 1 nitrogen and oxygen atoms in total. The molecule has 2 aromatic carbocycles. The molecule has 2 fully saturated rings. The summed E-state index contributed by atoms with van der Waals surface area (Å²) in [5.74, 6) is 0.779. The zero-order chi connectivity index (χ0) is 16.6. The number of allylic oxidation sites excluding steroid dienone is 1. The van der Waals surface area contributed by atoms with Gasteiger partial charge in [-0.15, -0.1) is 0 Å². The molecule has 0 heterocycles. The third-order valence-corrected chi connectivity index (χ3v) is 5.94. The van der Waals surface area contributed by atoms with Crippen molar-refractivity contribution >= 4 is 11.4 Å². The van der Waals surface area contributed by atoms with Crippen LogP contribution in [0.2, 0.25) is 0 Å². The van der Waals surface area contributed by atoms with Gasteiger partial charge in [0.15, 0.2) is 5.78 Å². The van der Waals surface area contributed by atoms with Crippen LogP contribution in [0.4, 0.5) is 0 Å². The topological polar surface area (TPSA) is 17.1 Å². The van der Waals surface area contributed by atoms with Crippen LogP contribution in [0, 0.1) is 11.3 Å². The van der Waals surface area contributed by atoms with Crippen LogP contribution in [-0.4, -0.2) is 5.78 Å². The van der Waals surface area contributed by atoms with Crippen LogP contribution in [0.3, 0.4) is 0 Å². The molecule has 0 aliphatic heterocycles. The van der Waals surface area contributed by atoms with E-state index >= 15 is 0 Å². The number of carbonyl (C=O) groups is 1. The van der Waals surface area contributed by atoms with Crippen LogP contribution in [0.1, 0.15) is 50.2 Å². The van der Waals surface area contributed by atoms with E-state index in [1.54, 1.807) is 0 Å². The van der Waals surface area contributed by atoms with Gasteiger partial charge in [0.2, 0.25) is 0 Å². The number of ketones is 1. The highest BCUT2D eigenvalue weighted by Gasteiger charge is 2.48. The average Bonchev–Trinajstić information content (AvgIpc) is 2.88. The summed E-state index contributed by atoms with van der Waals surface area (Å²) in [6.07, 6.45) is 5.56. The molecule has 2 saturated carbocycles. The Morgan fingerprint density at radius 1 is 0.917 bits per heavy atom. The molecule has 24 heavy (non-hydrogen) atoms. The minimum absolute atomic E-state index is 0.166. The van der Waals surface area contributed by atoms with Gasteiger partial charge in [0.05, 0.1) is 0 Å². The summed E-state index contributed by atoms with van der Waals surface area (Å²) in [4.78, 5) is 13.1. The lowest BCUT2D eigenvalue weighted by molar-refractivity contribution is -0.115. The molecule has 2 unspecified atom stereocenters. The van der Waals surface area contributed by atoms with Gasteiger partial charge in [-0.05, 0) is 40.9 Å². The SMILES string of the molecule is CC12CCCCC1C(=C(c1ccccc1)c1ccccc1)C(=O)C2. The van der Waals surface area contributed by atoms with E-state index in [1.807, 2.05) is 12.1 Å². The molecular formula is C23H24O. The summed E-state index contributed by atoms with van der Waals surface area (Å²) in [5, 5.41) is 0. The van der Waals surface area contributed by atoms with Crippen LogP contribution in [0.25, 0.3) is 5.57 Å². The Bertz CT molecular complexity index is 731. The summed E-state index contributed by atoms with van der Waals surface area (Å²) >= 11 is 0. The molecule has 0 spiro atoms. The van der Waals surface area contributed by atoms with E-state index in [0.29, 0.717) is 11.7 Å². The number of Topliss-reactive ketones (excluding diaryl/α,β-unsaturated/α-hetero) is 1. The standard InChI is InChI=1S/C23H24O/c1-23-15-9-8-14-19(23)22(20(24)16-23)21(17-10-4-2-5-11-17)18-12-6-3-7-13-18/h2-7,10-13,19H,8-9,14-16H2,1H3. The Hall–Kier alpha value is -2.15. The van der Waals surface area contributed by atoms with Gasteiger partial charge in [0.1, 0.15) is 0 Å². The van der Waals surface area contributed by atoms with E-state index in [9.17, 15) is 4.79 Å². The second-order valence-electron chi connectivity index (χ2n) is 7.57. The molecule has 0 aromatic heterocycles. The van der Waals surface area contributed by atoms with E-state index in [4.69, 9.17) is 0 Å². The van der Waals surface area contributed by atoms with Crippen molar-refractivity contribution < 1.29 is 4.79 Å². The van der Waals surface area contributed by atoms with Crippen molar-refractivity contribution in [1.82, 2.24) is 0 Å². The second-order valence-corrected chi connectivity index (χ2v) is 7.57. The van der Waals surface area contributed by atoms with E-state index in [0.717, 1.165) is 24.0 Å². The molecule has 0 saturated heterocycles. The first-order chi connectivity index (χ1) is 11.7. The second kappa shape index (κ2) is 6.05. The van der Waals surface area contributed by atoms with Crippen molar-refractivity contribution in [3.63, 3.8) is 0 Å². The monoisotopic (exact) mass is 316 g/mol. The molecule has 2 aliphatic carbocycles. The van der Waals surface area contributed by atoms with Gasteiger partial charge < -0.3 is 0 Å². The van der Waals surface area contributed by atoms with Gasteiger partial charge in [0, 0.05) is 12.0 Å². The lowest BCUT2D eigenvalue weighted by Crippen LogP contribution is -2.26. The first-order valence-electron chi connectivity index (χ1n) is 9.07. The summed E-state index contributed by atoms with van der Waals surface area (Å²) in [6.45, 7) is 2.33. The van der Waals surface area contributed by atoms with Crippen LogP contribution in [0.5, 0.6) is 0 Å². The number of benzene rings is 2. The number of fused-ring (bicyclic) bond motifs is 1. The highest BCUT2D eigenvalue weighted by atomic mass is 16.1. The zero-order valence-electron chi connectivity index (χ0n) is 14.3. The summed E-state index contributed by atoms with van der Waals surface area (Å²) in [6, 6.07) is 20.9. The highest BCUT2D eigenvalue weighted by molar-refractivity contribution is 6.08. The zero-order valence-corrected chi connectivity index (χ0v) is 14.3. The molecule has 0 radical (unpaired) electrons. The van der Waals surface area contributed by atoms with Gasteiger partial charge >= 0.3 is 0 Å². The molecule has 2 atom stereocenters. The van der Waals surface area contributed by atoms with E-state index < -0.39 is 0 Å². The maximum atomic E-state index is 13.1. The number of carbonyl (C=O) groups excluding carboxylic acids is 1.